The molecule has 1 aliphatic heterocycles. The first-order valence-corrected chi connectivity index (χ1v) is 8.15. The van der Waals surface area contributed by atoms with Gasteiger partial charge >= 0.3 is 0 Å². The highest BCUT2D eigenvalue weighted by molar-refractivity contribution is 5.88. The predicted molar refractivity (Wildman–Crippen MR) is 95.7 cm³/mol. The molecule has 3 heterocycles. The maximum Gasteiger partial charge on any atom is 0.269 e. The van der Waals surface area contributed by atoms with Crippen LogP contribution in [-0.4, -0.2) is 58.0 Å². The Morgan fingerprint density at radius 1 is 1.12 bits per heavy atom. The van der Waals surface area contributed by atoms with E-state index in [1.807, 2.05) is 6.07 Å². The number of likely N-dealkylation sites (N-methyl/N-ethyl adjacent to an activating group) is 1. The third-order valence-corrected chi connectivity index (χ3v) is 4.54. The second-order valence-corrected chi connectivity index (χ2v) is 6.21. The fourth-order valence-electron chi connectivity index (χ4n) is 3.05. The molecule has 1 fully saturated rings. The SMILES string of the molecule is CN1CCN(c2nccc3[nH]c(-c4ccc([N+](=O)[O-])cc4)nc23)CC1. The maximum absolute atomic E-state index is 10.8. The molecule has 1 aromatic carbocycles. The lowest BCUT2D eigenvalue weighted by molar-refractivity contribution is -0.384. The molecule has 4 rings (SSSR count). The normalized spacial score (nSPS) is 15.6. The Morgan fingerprint density at radius 2 is 1.84 bits per heavy atom. The molecule has 25 heavy (non-hydrogen) atoms. The van der Waals surface area contributed by atoms with Crippen molar-refractivity contribution < 1.29 is 4.92 Å². The van der Waals surface area contributed by atoms with Crippen LogP contribution in [0.25, 0.3) is 22.4 Å². The number of fused-ring (bicyclic) bond motifs is 1. The van der Waals surface area contributed by atoms with Crippen LogP contribution in [0.15, 0.2) is 36.5 Å². The van der Waals surface area contributed by atoms with Gasteiger partial charge in [-0.05, 0) is 25.2 Å². The molecule has 0 aliphatic carbocycles. The molecule has 0 amide bonds. The van der Waals surface area contributed by atoms with Gasteiger partial charge in [-0.1, -0.05) is 0 Å². The van der Waals surface area contributed by atoms with E-state index in [2.05, 4.69) is 26.8 Å². The van der Waals surface area contributed by atoms with Crippen molar-refractivity contribution in [1.82, 2.24) is 19.9 Å². The summed E-state index contributed by atoms with van der Waals surface area (Å²) in [6.45, 7) is 3.83. The topological polar surface area (TPSA) is 91.2 Å². The van der Waals surface area contributed by atoms with Gasteiger partial charge in [-0.15, -0.1) is 0 Å². The minimum absolute atomic E-state index is 0.0691. The van der Waals surface area contributed by atoms with Crippen LogP contribution in [-0.2, 0) is 0 Å². The molecule has 0 saturated carbocycles. The summed E-state index contributed by atoms with van der Waals surface area (Å²) in [5.41, 5.74) is 2.63. The summed E-state index contributed by atoms with van der Waals surface area (Å²) in [6.07, 6.45) is 1.79. The summed E-state index contributed by atoms with van der Waals surface area (Å²) < 4.78 is 0. The molecule has 0 atom stereocenters. The average molecular weight is 338 g/mol. The molecule has 0 unspecified atom stereocenters. The molecule has 128 valence electrons. The quantitative estimate of drug-likeness (QED) is 0.582. The molecule has 1 saturated heterocycles. The van der Waals surface area contributed by atoms with Gasteiger partial charge in [0.15, 0.2) is 5.82 Å². The maximum atomic E-state index is 10.8. The van der Waals surface area contributed by atoms with Crippen LogP contribution in [0.1, 0.15) is 0 Å². The number of hydrogen-bond acceptors (Lipinski definition) is 6. The Balaban J connectivity index is 1.70. The highest BCUT2D eigenvalue weighted by Crippen LogP contribution is 2.27. The van der Waals surface area contributed by atoms with Crippen LogP contribution in [0.4, 0.5) is 11.5 Å². The van der Waals surface area contributed by atoms with Gasteiger partial charge in [0, 0.05) is 50.1 Å². The van der Waals surface area contributed by atoms with Gasteiger partial charge < -0.3 is 14.8 Å². The fraction of sp³-hybridized carbons (Fsp3) is 0.294. The number of anilines is 1. The monoisotopic (exact) mass is 338 g/mol. The van der Waals surface area contributed by atoms with Crippen molar-refractivity contribution in [2.45, 2.75) is 0 Å². The molecule has 0 spiro atoms. The molecule has 2 aromatic heterocycles. The zero-order valence-electron chi connectivity index (χ0n) is 13.8. The van der Waals surface area contributed by atoms with E-state index in [-0.39, 0.29) is 5.69 Å². The number of nitrogens with one attached hydrogen (secondary N) is 1. The minimum Gasteiger partial charge on any atom is -0.352 e. The van der Waals surface area contributed by atoms with Crippen LogP contribution in [0.5, 0.6) is 0 Å². The number of piperazine rings is 1. The summed E-state index contributed by atoms with van der Waals surface area (Å²) in [7, 11) is 2.12. The first-order chi connectivity index (χ1) is 12.1. The van der Waals surface area contributed by atoms with Crippen molar-refractivity contribution in [2.24, 2.45) is 0 Å². The highest BCUT2D eigenvalue weighted by Gasteiger charge is 2.19. The average Bonchev–Trinajstić information content (AvgIpc) is 3.07. The third kappa shape index (κ3) is 2.91. The summed E-state index contributed by atoms with van der Waals surface area (Å²) in [5, 5.41) is 10.8. The van der Waals surface area contributed by atoms with Crippen molar-refractivity contribution in [3.63, 3.8) is 0 Å². The van der Waals surface area contributed by atoms with Crippen molar-refractivity contribution in [3.05, 3.63) is 46.6 Å². The van der Waals surface area contributed by atoms with E-state index in [1.165, 1.54) is 12.1 Å². The number of nitro groups is 1. The molecule has 8 nitrogen and oxygen atoms in total. The van der Waals surface area contributed by atoms with Gasteiger partial charge in [0.2, 0.25) is 0 Å². The number of non-ortho nitro benzene ring substituents is 1. The smallest absolute Gasteiger partial charge is 0.269 e. The summed E-state index contributed by atoms with van der Waals surface area (Å²) in [5.74, 6) is 1.57. The van der Waals surface area contributed by atoms with Crippen LogP contribution >= 0.6 is 0 Å². The Labute approximate surface area is 144 Å². The van der Waals surface area contributed by atoms with E-state index < -0.39 is 4.92 Å². The summed E-state index contributed by atoms with van der Waals surface area (Å²) in [4.78, 5) is 27.5. The van der Waals surface area contributed by atoms with Crippen molar-refractivity contribution >= 4 is 22.5 Å². The first-order valence-electron chi connectivity index (χ1n) is 8.15. The van der Waals surface area contributed by atoms with Crippen molar-refractivity contribution in [1.29, 1.82) is 0 Å². The molecule has 8 heteroatoms. The third-order valence-electron chi connectivity index (χ3n) is 4.54. The number of nitro benzene ring substituents is 1. The van der Waals surface area contributed by atoms with Gasteiger partial charge in [-0.2, -0.15) is 0 Å². The predicted octanol–water partition coefficient (Wildman–Crippen LogP) is 2.28. The lowest BCUT2D eigenvalue weighted by Crippen LogP contribution is -2.44. The number of rotatable bonds is 3. The molecular weight excluding hydrogens is 320 g/mol. The number of benzene rings is 1. The Kier molecular flexibility index (Phi) is 3.81. The van der Waals surface area contributed by atoms with Gasteiger partial charge in [-0.3, -0.25) is 10.1 Å². The second kappa shape index (κ2) is 6.14. The largest absolute Gasteiger partial charge is 0.352 e. The Morgan fingerprint density at radius 3 is 2.52 bits per heavy atom. The van der Waals surface area contributed by atoms with Gasteiger partial charge in [-0.25, -0.2) is 9.97 Å². The van der Waals surface area contributed by atoms with Crippen molar-refractivity contribution in [2.75, 3.05) is 38.1 Å². The zero-order chi connectivity index (χ0) is 17.4. The van der Waals surface area contributed by atoms with E-state index in [4.69, 9.17) is 4.98 Å². The number of nitrogens with zero attached hydrogens (tertiary/aromatic N) is 5. The zero-order valence-corrected chi connectivity index (χ0v) is 13.8. The van der Waals surface area contributed by atoms with E-state index in [0.29, 0.717) is 5.82 Å². The lowest BCUT2D eigenvalue weighted by Gasteiger charge is -2.33. The Hall–Kier alpha value is -3.00. The van der Waals surface area contributed by atoms with Crippen molar-refractivity contribution in [3.8, 4) is 11.4 Å². The molecule has 0 bridgehead atoms. The molecule has 0 radical (unpaired) electrons. The van der Waals surface area contributed by atoms with E-state index in [9.17, 15) is 10.1 Å². The summed E-state index contributed by atoms with van der Waals surface area (Å²) >= 11 is 0. The van der Waals surface area contributed by atoms with Crippen LogP contribution in [0, 0.1) is 10.1 Å². The highest BCUT2D eigenvalue weighted by atomic mass is 16.6. The lowest BCUT2D eigenvalue weighted by atomic mass is 10.2. The van der Waals surface area contributed by atoms with Crippen LogP contribution in [0.3, 0.4) is 0 Å². The minimum atomic E-state index is -0.405. The standard InChI is InChI=1S/C17H18N6O2/c1-21-8-10-22(11-9-21)17-15-14(6-7-18-17)19-16(20-15)12-2-4-13(5-3-12)23(24)25/h2-7H,8-11H2,1H3,(H,19,20). The fourth-order valence-corrected chi connectivity index (χ4v) is 3.05. The molecule has 3 aromatic rings. The van der Waals surface area contributed by atoms with E-state index >= 15 is 0 Å². The van der Waals surface area contributed by atoms with Crippen LogP contribution in [0.2, 0.25) is 0 Å². The number of hydrogen-bond donors (Lipinski definition) is 1. The van der Waals surface area contributed by atoms with Gasteiger partial charge in [0.1, 0.15) is 11.3 Å². The molecular formula is C17H18N6O2. The summed E-state index contributed by atoms with van der Waals surface area (Å²) in [6, 6.07) is 8.29. The van der Waals surface area contributed by atoms with E-state index in [0.717, 1.165) is 48.6 Å². The number of imidazole rings is 1. The number of H-pyrrole nitrogens is 1. The first kappa shape index (κ1) is 15.5. The van der Waals surface area contributed by atoms with Gasteiger partial charge in [0.05, 0.1) is 10.4 Å². The molecule has 1 N–H and O–H groups in total. The molecule has 1 aliphatic rings. The Bertz CT molecular complexity index is 913. The van der Waals surface area contributed by atoms with Gasteiger partial charge in [0.25, 0.3) is 5.69 Å². The number of aromatic nitrogens is 3. The number of pyridine rings is 1. The second-order valence-electron chi connectivity index (χ2n) is 6.21. The van der Waals surface area contributed by atoms with Crippen LogP contribution < -0.4 is 4.90 Å². The number of aromatic amines is 1. The van der Waals surface area contributed by atoms with E-state index in [1.54, 1.807) is 18.3 Å².